The third-order valence-corrected chi connectivity index (χ3v) is 3.15. The van der Waals surface area contributed by atoms with Crippen molar-refractivity contribution in [3.63, 3.8) is 0 Å². The number of aromatic nitrogens is 1. The van der Waals surface area contributed by atoms with Crippen molar-refractivity contribution < 1.29 is 0 Å². The van der Waals surface area contributed by atoms with E-state index < -0.39 is 0 Å². The summed E-state index contributed by atoms with van der Waals surface area (Å²) >= 11 is 0. The van der Waals surface area contributed by atoms with Crippen molar-refractivity contribution in [1.29, 1.82) is 0 Å². The average Bonchev–Trinajstić information content (AvgIpc) is 2.12. The molecule has 0 radical (unpaired) electrons. The van der Waals surface area contributed by atoms with Crippen LogP contribution < -0.4 is 5.32 Å². The molecule has 2 rings (SSSR count). The Hall–Kier alpha value is -1.05. The van der Waals surface area contributed by atoms with Gasteiger partial charge in [0.05, 0.1) is 0 Å². The minimum absolute atomic E-state index is 0.519. The summed E-state index contributed by atoms with van der Waals surface area (Å²) in [5, 5.41) is 3.42. The number of nitrogens with one attached hydrogen (secondary N) is 1. The summed E-state index contributed by atoms with van der Waals surface area (Å²) in [6.45, 7) is 5.43. The lowest BCUT2D eigenvalue weighted by Gasteiger charge is -2.38. The van der Waals surface area contributed by atoms with Gasteiger partial charge in [0.15, 0.2) is 0 Å². The predicted octanol–water partition coefficient (Wildman–Crippen LogP) is 2.99. The van der Waals surface area contributed by atoms with Gasteiger partial charge >= 0.3 is 0 Å². The molecule has 1 fully saturated rings. The first-order valence-electron chi connectivity index (χ1n) is 5.36. The Labute approximate surface area is 85.7 Å². The van der Waals surface area contributed by atoms with Crippen LogP contribution in [-0.4, -0.2) is 11.5 Å². The standard InChI is InChI=1S/C12H18N2/c1-10-5-3-6-11(14-10)13-9-12(2)7-4-8-12/h3,5-6H,4,7-9H2,1-2H3,(H,13,14). The highest BCUT2D eigenvalue weighted by Gasteiger charge is 2.31. The Bertz CT molecular complexity index is 316. The van der Waals surface area contributed by atoms with Gasteiger partial charge in [-0.05, 0) is 37.3 Å². The maximum absolute atomic E-state index is 4.42. The lowest BCUT2D eigenvalue weighted by molar-refractivity contribution is 0.180. The molecule has 0 atom stereocenters. The van der Waals surface area contributed by atoms with Crippen molar-refractivity contribution in [2.24, 2.45) is 5.41 Å². The minimum Gasteiger partial charge on any atom is -0.370 e. The van der Waals surface area contributed by atoms with Gasteiger partial charge in [0.1, 0.15) is 5.82 Å². The first-order chi connectivity index (χ1) is 6.68. The summed E-state index contributed by atoms with van der Waals surface area (Å²) in [6.07, 6.45) is 4.09. The Morgan fingerprint density at radius 2 is 2.21 bits per heavy atom. The first-order valence-corrected chi connectivity index (χ1v) is 5.36. The molecule has 76 valence electrons. The molecule has 1 aromatic rings. The fraction of sp³-hybridized carbons (Fsp3) is 0.583. The van der Waals surface area contributed by atoms with Gasteiger partial charge in [-0.3, -0.25) is 0 Å². The Balaban J connectivity index is 1.91. The summed E-state index contributed by atoms with van der Waals surface area (Å²) in [6, 6.07) is 6.11. The number of rotatable bonds is 3. The van der Waals surface area contributed by atoms with Crippen LogP contribution in [0.1, 0.15) is 31.9 Å². The molecule has 1 heterocycles. The SMILES string of the molecule is Cc1cccc(NCC2(C)CCC2)n1. The van der Waals surface area contributed by atoms with Crippen molar-refractivity contribution in [2.45, 2.75) is 33.1 Å². The molecule has 0 aliphatic heterocycles. The minimum atomic E-state index is 0.519. The number of nitrogens with zero attached hydrogens (tertiary/aromatic N) is 1. The van der Waals surface area contributed by atoms with Crippen molar-refractivity contribution in [2.75, 3.05) is 11.9 Å². The Morgan fingerprint density at radius 1 is 1.43 bits per heavy atom. The first kappa shape index (κ1) is 9.50. The fourth-order valence-corrected chi connectivity index (χ4v) is 1.90. The number of hydrogen-bond acceptors (Lipinski definition) is 2. The van der Waals surface area contributed by atoms with Crippen LogP contribution in [-0.2, 0) is 0 Å². The van der Waals surface area contributed by atoms with Gasteiger partial charge in [-0.15, -0.1) is 0 Å². The van der Waals surface area contributed by atoms with E-state index in [9.17, 15) is 0 Å². The summed E-state index contributed by atoms with van der Waals surface area (Å²) in [5.74, 6) is 1.01. The van der Waals surface area contributed by atoms with Crippen LogP contribution in [0.3, 0.4) is 0 Å². The van der Waals surface area contributed by atoms with Gasteiger partial charge in [0.2, 0.25) is 0 Å². The second-order valence-electron chi connectivity index (χ2n) is 4.68. The third-order valence-electron chi connectivity index (χ3n) is 3.15. The van der Waals surface area contributed by atoms with E-state index in [1.165, 1.54) is 19.3 Å². The molecule has 1 N–H and O–H groups in total. The van der Waals surface area contributed by atoms with Crippen LogP contribution in [0, 0.1) is 12.3 Å². The molecule has 0 aromatic carbocycles. The van der Waals surface area contributed by atoms with E-state index in [1.54, 1.807) is 0 Å². The zero-order valence-electron chi connectivity index (χ0n) is 9.01. The van der Waals surface area contributed by atoms with Crippen LogP contribution in [0.2, 0.25) is 0 Å². The van der Waals surface area contributed by atoms with E-state index in [2.05, 4.69) is 17.2 Å². The van der Waals surface area contributed by atoms with Crippen molar-refractivity contribution in [3.8, 4) is 0 Å². The van der Waals surface area contributed by atoms with E-state index in [-0.39, 0.29) is 0 Å². The van der Waals surface area contributed by atoms with Crippen LogP contribution in [0.25, 0.3) is 0 Å². The molecule has 0 amide bonds. The van der Waals surface area contributed by atoms with Gasteiger partial charge < -0.3 is 5.32 Å². The van der Waals surface area contributed by atoms with E-state index in [0.29, 0.717) is 5.41 Å². The monoisotopic (exact) mass is 190 g/mol. The molecule has 2 nitrogen and oxygen atoms in total. The van der Waals surface area contributed by atoms with Gasteiger partial charge in [-0.1, -0.05) is 19.4 Å². The number of pyridine rings is 1. The topological polar surface area (TPSA) is 24.9 Å². The van der Waals surface area contributed by atoms with E-state index in [1.807, 2.05) is 25.1 Å². The number of hydrogen-bond donors (Lipinski definition) is 1. The molecule has 0 spiro atoms. The van der Waals surface area contributed by atoms with E-state index in [4.69, 9.17) is 0 Å². The average molecular weight is 190 g/mol. The van der Waals surface area contributed by atoms with Gasteiger partial charge in [-0.25, -0.2) is 4.98 Å². The zero-order chi connectivity index (χ0) is 10.0. The summed E-state index contributed by atoms with van der Waals surface area (Å²) in [5.41, 5.74) is 1.60. The van der Waals surface area contributed by atoms with Crippen molar-refractivity contribution in [3.05, 3.63) is 23.9 Å². The summed E-state index contributed by atoms with van der Waals surface area (Å²) in [4.78, 5) is 4.42. The van der Waals surface area contributed by atoms with Gasteiger partial charge in [-0.2, -0.15) is 0 Å². The highest BCUT2D eigenvalue weighted by Crippen LogP contribution is 2.39. The molecule has 0 saturated heterocycles. The highest BCUT2D eigenvalue weighted by molar-refractivity contribution is 5.35. The normalized spacial score (nSPS) is 18.7. The summed E-state index contributed by atoms with van der Waals surface area (Å²) < 4.78 is 0. The maximum atomic E-state index is 4.42. The van der Waals surface area contributed by atoms with Crippen LogP contribution in [0.5, 0.6) is 0 Å². The second kappa shape index (κ2) is 3.60. The van der Waals surface area contributed by atoms with Crippen molar-refractivity contribution >= 4 is 5.82 Å². The van der Waals surface area contributed by atoms with Crippen molar-refractivity contribution in [1.82, 2.24) is 4.98 Å². The van der Waals surface area contributed by atoms with Gasteiger partial charge in [0.25, 0.3) is 0 Å². The lowest BCUT2D eigenvalue weighted by atomic mass is 9.70. The third kappa shape index (κ3) is 2.06. The number of aryl methyl sites for hydroxylation is 1. The van der Waals surface area contributed by atoms with E-state index >= 15 is 0 Å². The van der Waals surface area contributed by atoms with E-state index in [0.717, 1.165) is 18.1 Å². The molecule has 0 unspecified atom stereocenters. The van der Waals surface area contributed by atoms with Gasteiger partial charge in [0, 0.05) is 12.2 Å². The molecule has 1 aliphatic carbocycles. The maximum Gasteiger partial charge on any atom is 0.126 e. The van der Waals surface area contributed by atoms with Crippen LogP contribution >= 0.6 is 0 Å². The number of anilines is 1. The Kier molecular flexibility index (Phi) is 2.44. The quantitative estimate of drug-likeness (QED) is 0.792. The molecular formula is C12H18N2. The molecule has 1 saturated carbocycles. The molecule has 1 aliphatic rings. The Morgan fingerprint density at radius 3 is 2.79 bits per heavy atom. The van der Waals surface area contributed by atoms with Crippen LogP contribution in [0.15, 0.2) is 18.2 Å². The zero-order valence-corrected chi connectivity index (χ0v) is 9.01. The fourth-order valence-electron chi connectivity index (χ4n) is 1.90. The molecule has 2 heteroatoms. The smallest absolute Gasteiger partial charge is 0.126 e. The molecule has 1 aromatic heterocycles. The molecule has 14 heavy (non-hydrogen) atoms. The molecular weight excluding hydrogens is 172 g/mol. The largest absolute Gasteiger partial charge is 0.370 e. The molecule has 0 bridgehead atoms. The second-order valence-corrected chi connectivity index (χ2v) is 4.68. The summed E-state index contributed by atoms with van der Waals surface area (Å²) in [7, 11) is 0. The highest BCUT2D eigenvalue weighted by atomic mass is 15.0. The van der Waals surface area contributed by atoms with Crippen LogP contribution in [0.4, 0.5) is 5.82 Å². The predicted molar refractivity (Wildman–Crippen MR) is 59.4 cm³/mol. The lowest BCUT2D eigenvalue weighted by Crippen LogP contribution is -2.33.